The highest BCUT2D eigenvalue weighted by atomic mass is 32.2. The quantitative estimate of drug-likeness (QED) is 0.714. The summed E-state index contributed by atoms with van der Waals surface area (Å²) in [5.41, 5.74) is 2.67. The Kier molecular flexibility index (Phi) is 3.54. The highest BCUT2D eigenvalue weighted by Crippen LogP contribution is 2.26. The maximum absolute atomic E-state index is 5.24. The van der Waals surface area contributed by atoms with Crippen molar-refractivity contribution in [2.75, 3.05) is 30.9 Å². The predicted octanol–water partition coefficient (Wildman–Crippen LogP) is 2.72. The molecule has 0 unspecified atom stereocenters. The zero-order valence-corrected chi connectivity index (χ0v) is 10.0. The van der Waals surface area contributed by atoms with Gasteiger partial charge in [-0.05, 0) is 36.9 Å². The molecule has 3 heteroatoms. The van der Waals surface area contributed by atoms with E-state index in [4.69, 9.17) is 4.74 Å². The Bertz CT molecular complexity index is 334. The monoisotopic (exact) mass is 222 g/mol. The van der Waals surface area contributed by atoms with Crippen molar-refractivity contribution in [2.24, 2.45) is 0 Å². The third-order valence-electron chi connectivity index (χ3n) is 2.64. The third kappa shape index (κ3) is 2.47. The smallest absolute Gasteiger partial charge is 0.103 e. The van der Waals surface area contributed by atoms with Gasteiger partial charge in [0.25, 0.3) is 0 Å². The molecule has 0 amide bonds. The van der Waals surface area contributed by atoms with Crippen LogP contribution in [0.1, 0.15) is 5.56 Å². The second kappa shape index (κ2) is 4.90. The van der Waals surface area contributed by atoms with E-state index in [1.54, 1.807) is 11.8 Å². The molecule has 1 aliphatic rings. The van der Waals surface area contributed by atoms with Crippen LogP contribution in [-0.2, 0) is 4.74 Å². The number of hydrogen-bond acceptors (Lipinski definition) is 3. The fourth-order valence-electron chi connectivity index (χ4n) is 1.81. The fourth-order valence-corrected chi connectivity index (χ4v) is 2.31. The lowest BCUT2D eigenvalue weighted by Gasteiger charge is -2.29. The SMILES string of the molecule is CSc1ccc(N2C[CH]OCC2)c(C)c1. The molecule has 0 saturated carbocycles. The van der Waals surface area contributed by atoms with Crippen molar-refractivity contribution in [1.82, 2.24) is 0 Å². The summed E-state index contributed by atoms with van der Waals surface area (Å²) in [6, 6.07) is 6.64. The van der Waals surface area contributed by atoms with Crippen molar-refractivity contribution in [2.45, 2.75) is 11.8 Å². The number of aryl methyl sites for hydroxylation is 1. The van der Waals surface area contributed by atoms with E-state index in [1.807, 2.05) is 6.61 Å². The minimum Gasteiger partial charge on any atom is -0.372 e. The average molecular weight is 222 g/mol. The van der Waals surface area contributed by atoms with Crippen molar-refractivity contribution in [1.29, 1.82) is 0 Å². The van der Waals surface area contributed by atoms with E-state index in [-0.39, 0.29) is 0 Å². The first-order valence-electron chi connectivity index (χ1n) is 5.14. The molecule has 1 aromatic rings. The highest BCUT2D eigenvalue weighted by Gasteiger charge is 2.13. The van der Waals surface area contributed by atoms with Crippen LogP contribution in [0.5, 0.6) is 0 Å². The first-order chi connectivity index (χ1) is 7.31. The first-order valence-corrected chi connectivity index (χ1v) is 6.36. The Hall–Kier alpha value is -0.670. The zero-order chi connectivity index (χ0) is 10.7. The van der Waals surface area contributed by atoms with Crippen LogP contribution in [0, 0.1) is 13.5 Å². The third-order valence-corrected chi connectivity index (χ3v) is 3.36. The van der Waals surface area contributed by atoms with E-state index in [9.17, 15) is 0 Å². The van der Waals surface area contributed by atoms with Crippen LogP contribution in [-0.4, -0.2) is 26.0 Å². The summed E-state index contributed by atoms with van der Waals surface area (Å²) in [6.07, 6.45) is 2.11. The van der Waals surface area contributed by atoms with Gasteiger partial charge in [-0.3, -0.25) is 0 Å². The number of ether oxygens (including phenoxy) is 1. The molecule has 1 radical (unpaired) electrons. The van der Waals surface area contributed by atoms with Crippen molar-refractivity contribution in [3.63, 3.8) is 0 Å². The first kappa shape index (κ1) is 10.8. The normalized spacial score (nSPS) is 16.8. The lowest BCUT2D eigenvalue weighted by atomic mass is 10.1. The molecule has 0 aromatic heterocycles. The Balaban J connectivity index is 2.19. The molecule has 0 atom stereocenters. The van der Waals surface area contributed by atoms with Crippen molar-refractivity contribution in [3.8, 4) is 0 Å². The molecule has 1 heterocycles. The number of morpholine rings is 1. The lowest BCUT2D eigenvalue weighted by Crippen LogP contribution is -2.34. The number of anilines is 1. The summed E-state index contributed by atoms with van der Waals surface area (Å²) in [7, 11) is 0. The van der Waals surface area contributed by atoms with Gasteiger partial charge in [0.2, 0.25) is 0 Å². The number of benzene rings is 1. The number of thioether (sulfide) groups is 1. The standard InChI is InChI=1S/C12H16NOS/c1-10-9-11(15-2)3-4-12(10)13-5-7-14-8-6-13/h3-4,7,9H,5-6,8H2,1-2H3. The van der Waals surface area contributed by atoms with E-state index in [2.05, 4.69) is 36.3 Å². The second-order valence-corrected chi connectivity index (χ2v) is 4.52. The van der Waals surface area contributed by atoms with Gasteiger partial charge < -0.3 is 9.64 Å². The minimum absolute atomic E-state index is 0.795. The summed E-state index contributed by atoms with van der Waals surface area (Å²) in [4.78, 5) is 3.68. The highest BCUT2D eigenvalue weighted by molar-refractivity contribution is 7.98. The maximum Gasteiger partial charge on any atom is 0.103 e. The molecule has 1 aliphatic heterocycles. The van der Waals surface area contributed by atoms with Gasteiger partial charge in [0.05, 0.1) is 6.61 Å². The van der Waals surface area contributed by atoms with Gasteiger partial charge in [-0.1, -0.05) is 0 Å². The van der Waals surface area contributed by atoms with E-state index >= 15 is 0 Å². The molecule has 1 aromatic carbocycles. The van der Waals surface area contributed by atoms with Crippen LogP contribution >= 0.6 is 11.8 Å². The topological polar surface area (TPSA) is 12.5 Å². The summed E-state index contributed by atoms with van der Waals surface area (Å²) in [6.45, 7) is 6.72. The van der Waals surface area contributed by atoms with E-state index in [0.29, 0.717) is 0 Å². The molecule has 0 bridgehead atoms. The minimum atomic E-state index is 0.795. The molecule has 1 saturated heterocycles. The average Bonchev–Trinajstić information content (AvgIpc) is 2.30. The zero-order valence-electron chi connectivity index (χ0n) is 9.19. The lowest BCUT2D eigenvalue weighted by molar-refractivity contribution is 0.181. The van der Waals surface area contributed by atoms with Gasteiger partial charge in [-0.25, -0.2) is 0 Å². The second-order valence-electron chi connectivity index (χ2n) is 3.64. The van der Waals surface area contributed by atoms with Crippen LogP contribution in [0.15, 0.2) is 23.1 Å². The molecule has 0 N–H and O–H groups in total. The van der Waals surface area contributed by atoms with Gasteiger partial charge in [-0.2, -0.15) is 0 Å². The van der Waals surface area contributed by atoms with Crippen molar-refractivity contribution < 1.29 is 4.74 Å². The van der Waals surface area contributed by atoms with Crippen LogP contribution < -0.4 is 4.90 Å². The van der Waals surface area contributed by atoms with Gasteiger partial charge >= 0.3 is 0 Å². The summed E-state index contributed by atoms with van der Waals surface area (Å²) >= 11 is 1.79. The van der Waals surface area contributed by atoms with Crippen LogP contribution in [0.4, 0.5) is 5.69 Å². The molecule has 2 rings (SSSR count). The Morgan fingerprint density at radius 1 is 1.40 bits per heavy atom. The number of nitrogens with zero attached hydrogens (tertiary/aromatic N) is 1. The molecular weight excluding hydrogens is 206 g/mol. The molecule has 0 spiro atoms. The fraction of sp³-hybridized carbons (Fsp3) is 0.417. The van der Waals surface area contributed by atoms with Gasteiger partial charge in [0, 0.05) is 23.7 Å². The largest absolute Gasteiger partial charge is 0.372 e. The Morgan fingerprint density at radius 3 is 2.87 bits per heavy atom. The molecule has 2 nitrogen and oxygen atoms in total. The van der Waals surface area contributed by atoms with Crippen LogP contribution in [0.2, 0.25) is 0 Å². The summed E-state index contributed by atoms with van der Waals surface area (Å²) < 4.78 is 5.24. The summed E-state index contributed by atoms with van der Waals surface area (Å²) in [5.74, 6) is 0. The predicted molar refractivity (Wildman–Crippen MR) is 65.4 cm³/mol. The van der Waals surface area contributed by atoms with Gasteiger partial charge in [-0.15, -0.1) is 11.8 Å². The van der Waals surface area contributed by atoms with E-state index in [0.717, 1.165) is 19.7 Å². The Morgan fingerprint density at radius 2 is 2.27 bits per heavy atom. The Labute approximate surface area is 95.6 Å². The maximum atomic E-state index is 5.24. The van der Waals surface area contributed by atoms with Crippen molar-refractivity contribution >= 4 is 17.4 Å². The molecule has 0 aliphatic carbocycles. The molecular formula is C12H16NOS. The molecule has 81 valence electrons. The van der Waals surface area contributed by atoms with Crippen LogP contribution in [0.25, 0.3) is 0 Å². The number of rotatable bonds is 2. The number of hydrogen-bond donors (Lipinski definition) is 0. The van der Waals surface area contributed by atoms with Gasteiger partial charge in [0.15, 0.2) is 0 Å². The van der Waals surface area contributed by atoms with Crippen molar-refractivity contribution in [3.05, 3.63) is 30.4 Å². The van der Waals surface area contributed by atoms with Gasteiger partial charge in [0.1, 0.15) is 6.61 Å². The molecule has 15 heavy (non-hydrogen) atoms. The van der Waals surface area contributed by atoms with E-state index in [1.165, 1.54) is 16.1 Å². The van der Waals surface area contributed by atoms with E-state index < -0.39 is 0 Å². The summed E-state index contributed by atoms with van der Waals surface area (Å²) in [5, 5.41) is 0. The van der Waals surface area contributed by atoms with Crippen LogP contribution in [0.3, 0.4) is 0 Å². The molecule has 1 fully saturated rings.